The second kappa shape index (κ2) is 18.9. The Morgan fingerprint density at radius 2 is 1.67 bits per heavy atom. The fourth-order valence-electron chi connectivity index (χ4n) is 5.93. The molecule has 0 radical (unpaired) electrons. The predicted molar refractivity (Wildman–Crippen MR) is 215 cm³/mol. The summed E-state index contributed by atoms with van der Waals surface area (Å²) in [6, 6.07) is 0. The van der Waals surface area contributed by atoms with Crippen molar-refractivity contribution in [1.29, 1.82) is 0 Å². The molecule has 0 aromatic rings. The summed E-state index contributed by atoms with van der Waals surface area (Å²) in [5, 5.41) is 0.0163. The molecule has 3 aliphatic rings. The smallest absolute Gasteiger partial charge is 0.330 e. The zero-order valence-electron chi connectivity index (χ0n) is 34.0. The van der Waals surface area contributed by atoms with Gasteiger partial charge in [0.15, 0.2) is 16.6 Å². The summed E-state index contributed by atoms with van der Waals surface area (Å²) in [5.74, 6) is -0.395. The minimum absolute atomic E-state index is 0.0370. The number of methoxy groups -OCH3 is 1. The van der Waals surface area contributed by atoms with Crippen molar-refractivity contribution >= 4 is 22.6 Å². The number of fused-ring (bicyclic) bond motifs is 2. The third-order valence-electron chi connectivity index (χ3n) is 11.3. The first-order valence-corrected chi connectivity index (χ1v) is 24.9. The van der Waals surface area contributed by atoms with E-state index >= 15 is 0 Å². The summed E-state index contributed by atoms with van der Waals surface area (Å²) in [7, 11) is -2.67. The average molecular weight is 743 g/mol. The summed E-state index contributed by atoms with van der Waals surface area (Å²) in [6.07, 6.45) is 21.9. The van der Waals surface area contributed by atoms with E-state index < -0.39 is 34.8 Å². The van der Waals surface area contributed by atoms with Crippen LogP contribution < -0.4 is 0 Å². The first kappa shape index (κ1) is 43.5. The maximum Gasteiger partial charge on any atom is 0.330 e. The van der Waals surface area contributed by atoms with Gasteiger partial charge in [0.1, 0.15) is 18.3 Å². The van der Waals surface area contributed by atoms with Crippen molar-refractivity contribution in [3.05, 3.63) is 72.4 Å². The van der Waals surface area contributed by atoms with Gasteiger partial charge in [0.05, 0.1) is 31.0 Å². The topological polar surface area (TPSA) is 72.5 Å². The molecule has 3 aliphatic heterocycles. The van der Waals surface area contributed by atoms with Crippen LogP contribution in [0.2, 0.25) is 36.3 Å². The fourth-order valence-corrected chi connectivity index (χ4v) is 8.47. The van der Waals surface area contributed by atoms with Crippen LogP contribution >= 0.6 is 0 Å². The summed E-state index contributed by atoms with van der Waals surface area (Å²) in [4.78, 5) is 13.5. The highest BCUT2D eigenvalue weighted by molar-refractivity contribution is 6.74. The summed E-state index contributed by atoms with van der Waals surface area (Å²) in [6.45, 7) is 29.8. The second-order valence-corrected chi connectivity index (χ2v) is 27.2. The molecule has 7 nitrogen and oxygen atoms in total. The third kappa shape index (κ3) is 13.8. The normalized spacial score (nSPS) is 30.2. The molecule has 0 aromatic carbocycles. The predicted octanol–water partition coefficient (Wildman–Crippen LogP) is 10.3. The van der Waals surface area contributed by atoms with Crippen LogP contribution in [0.1, 0.15) is 93.4 Å². The van der Waals surface area contributed by atoms with Gasteiger partial charge in [-0.1, -0.05) is 108 Å². The Morgan fingerprint density at radius 1 is 0.961 bits per heavy atom. The first-order valence-electron chi connectivity index (χ1n) is 19.1. The number of esters is 1. The summed E-state index contributed by atoms with van der Waals surface area (Å²) >= 11 is 0. The average Bonchev–Trinajstić information content (AvgIpc) is 3.01. The number of ether oxygens (including phenoxy) is 4. The molecule has 0 N–H and O–H groups in total. The molecule has 0 fully saturated rings. The number of cyclic esters (lactones) is 1. The van der Waals surface area contributed by atoms with Crippen LogP contribution in [0.25, 0.3) is 0 Å². The molecule has 9 heteroatoms. The van der Waals surface area contributed by atoms with Gasteiger partial charge < -0.3 is 27.8 Å². The number of carbonyl (C=O) groups is 1. The van der Waals surface area contributed by atoms with E-state index in [0.717, 1.165) is 37.7 Å². The van der Waals surface area contributed by atoms with Crippen molar-refractivity contribution in [1.82, 2.24) is 0 Å². The van der Waals surface area contributed by atoms with E-state index in [1.165, 1.54) is 11.6 Å². The molecule has 1 unspecified atom stereocenters. The lowest BCUT2D eigenvalue weighted by atomic mass is 9.98. The quantitative estimate of drug-likeness (QED) is 0.139. The highest BCUT2D eigenvalue weighted by Gasteiger charge is 2.41. The van der Waals surface area contributed by atoms with Gasteiger partial charge in [-0.05, 0) is 81.7 Å². The molecule has 51 heavy (non-hydrogen) atoms. The Morgan fingerprint density at radius 3 is 2.31 bits per heavy atom. The minimum Gasteiger partial charge on any atom is -0.456 e. The number of hydrogen-bond acceptors (Lipinski definition) is 7. The van der Waals surface area contributed by atoms with Crippen molar-refractivity contribution in [2.45, 2.75) is 172 Å². The molecule has 0 saturated heterocycles. The molecular weight excluding hydrogens is 673 g/mol. The van der Waals surface area contributed by atoms with Crippen LogP contribution in [0.5, 0.6) is 0 Å². The summed E-state index contributed by atoms with van der Waals surface area (Å²) in [5.41, 5.74) is 2.47. The van der Waals surface area contributed by atoms with Crippen LogP contribution in [-0.4, -0.2) is 79.0 Å². The molecule has 3 rings (SSSR count). The Balaban J connectivity index is 2.02. The van der Waals surface area contributed by atoms with E-state index in [4.69, 9.17) is 27.8 Å². The van der Waals surface area contributed by atoms with Crippen molar-refractivity contribution in [2.75, 3.05) is 13.7 Å². The second-order valence-electron chi connectivity index (χ2n) is 17.7. The highest BCUT2D eigenvalue weighted by Crippen LogP contribution is 2.40. The Hall–Kier alpha value is -1.86. The number of carbonyl (C=O) groups excluding carboxylic acids is 1. The maximum absolute atomic E-state index is 13.5. The first-order chi connectivity index (χ1) is 23.7. The van der Waals surface area contributed by atoms with Crippen molar-refractivity contribution in [2.24, 2.45) is 0 Å². The Bertz CT molecular complexity index is 1300. The van der Waals surface area contributed by atoms with E-state index in [-0.39, 0.29) is 40.6 Å². The maximum atomic E-state index is 13.5. The monoisotopic (exact) mass is 742 g/mol. The molecule has 7 atom stereocenters. The van der Waals surface area contributed by atoms with Gasteiger partial charge in [-0.15, -0.1) is 0 Å². The molecule has 0 amide bonds. The van der Waals surface area contributed by atoms with Gasteiger partial charge in [-0.3, -0.25) is 0 Å². The van der Waals surface area contributed by atoms with E-state index in [1.54, 1.807) is 7.11 Å². The van der Waals surface area contributed by atoms with Gasteiger partial charge in [-0.25, -0.2) is 4.79 Å². The van der Waals surface area contributed by atoms with Crippen LogP contribution in [0.3, 0.4) is 0 Å². The molecule has 0 spiro atoms. The van der Waals surface area contributed by atoms with Gasteiger partial charge in [-0.2, -0.15) is 0 Å². The lowest BCUT2D eigenvalue weighted by Crippen LogP contribution is -2.47. The SMILES string of the molecule is C=C1CCC[C@H]2O[C@@H](C=C[C@@H]2OC)C/C=C\C(=O)O[C@H]([C@H](/C=C/[C@@H]2CC(C)=CCO2)O[Si](C)(C)C(C)(C)C)C/C=C/C(O[Si](C)(C)C(C)(C)C)C1. The van der Waals surface area contributed by atoms with E-state index in [0.29, 0.717) is 19.4 Å². The lowest BCUT2D eigenvalue weighted by Gasteiger charge is -2.40. The van der Waals surface area contributed by atoms with E-state index in [2.05, 4.69) is 118 Å². The number of rotatable bonds is 8. The molecule has 2 bridgehead atoms. The Labute approximate surface area is 312 Å². The van der Waals surface area contributed by atoms with Crippen LogP contribution in [-0.2, 0) is 32.6 Å². The van der Waals surface area contributed by atoms with E-state index in [1.807, 2.05) is 12.2 Å². The fraction of sp³-hybridized carbons (Fsp3) is 0.690. The molecule has 0 aromatic heterocycles. The minimum atomic E-state index is -2.28. The van der Waals surface area contributed by atoms with E-state index in [9.17, 15) is 4.79 Å². The van der Waals surface area contributed by atoms with Crippen molar-refractivity contribution in [3.63, 3.8) is 0 Å². The molecule has 0 saturated carbocycles. The largest absolute Gasteiger partial charge is 0.456 e. The zero-order chi connectivity index (χ0) is 38.0. The van der Waals surface area contributed by atoms with Crippen LogP contribution in [0.4, 0.5) is 0 Å². The molecular formula is C42H70O7Si2. The lowest BCUT2D eigenvalue weighted by molar-refractivity contribution is -0.146. The van der Waals surface area contributed by atoms with Crippen molar-refractivity contribution in [3.8, 4) is 0 Å². The Kier molecular flexibility index (Phi) is 16.2. The molecule has 0 aliphatic carbocycles. The van der Waals surface area contributed by atoms with Crippen LogP contribution in [0, 0.1) is 0 Å². The standard InChI is InChI=1S/C42H70O7Si2/c1-31-17-14-20-37-36(44-9)25-23-33(46-37)18-16-22-40(43)47-38(21-15-19-35(30-31)48-50(10,11)41(3,4)5)39(49-51(12,13)42(6,7)8)26-24-34-29-32(2)27-28-45-34/h15-16,19,22-27,33-39H,1,14,17-18,20-21,28-30H2,2-13H3/b19-15+,22-16-,26-24+/t33-,34-,35?,36+,37-,38+,39+/m1/s1. The third-order valence-corrected chi connectivity index (χ3v) is 20.2. The highest BCUT2D eigenvalue weighted by atomic mass is 28.4. The van der Waals surface area contributed by atoms with Gasteiger partial charge in [0.2, 0.25) is 0 Å². The van der Waals surface area contributed by atoms with Crippen LogP contribution in [0.15, 0.2) is 72.4 Å². The summed E-state index contributed by atoms with van der Waals surface area (Å²) < 4.78 is 38.6. The number of hydrogen-bond donors (Lipinski definition) is 0. The molecule has 288 valence electrons. The van der Waals surface area contributed by atoms with Gasteiger partial charge >= 0.3 is 5.97 Å². The van der Waals surface area contributed by atoms with Gasteiger partial charge in [0.25, 0.3) is 0 Å². The van der Waals surface area contributed by atoms with Gasteiger partial charge in [0, 0.05) is 19.6 Å². The zero-order valence-corrected chi connectivity index (χ0v) is 36.0. The van der Waals surface area contributed by atoms with Crippen molar-refractivity contribution < 1.29 is 32.6 Å². The molecule has 3 heterocycles.